The molecule has 3 rings (SSSR count). The number of hydrogen-bond acceptors (Lipinski definition) is 6. The molecule has 0 unspecified atom stereocenters. The third-order valence-corrected chi connectivity index (χ3v) is 6.66. The molecule has 0 bridgehead atoms. The van der Waals surface area contributed by atoms with Crippen LogP contribution >= 0.6 is 0 Å². The molecular weight excluding hydrogens is 446 g/mol. The van der Waals surface area contributed by atoms with E-state index in [1.807, 2.05) is 13.8 Å². The molecule has 1 fully saturated rings. The summed E-state index contributed by atoms with van der Waals surface area (Å²) < 4.78 is 11.7. The van der Waals surface area contributed by atoms with Crippen molar-refractivity contribution in [3.8, 4) is 17.7 Å². The van der Waals surface area contributed by atoms with Gasteiger partial charge in [0.1, 0.15) is 11.7 Å². The Kier molecular flexibility index (Phi) is 9.53. The van der Waals surface area contributed by atoms with E-state index >= 15 is 0 Å². The topological polar surface area (TPSA) is 92.2 Å². The van der Waals surface area contributed by atoms with Gasteiger partial charge in [0.2, 0.25) is 11.8 Å². The largest absolute Gasteiger partial charge is 0.472 e. The highest BCUT2D eigenvalue weighted by Gasteiger charge is 2.35. The standard InChI is InChI=1S/C27H39N3O5/c1-18(2)7-6-8-21-13-23-25(28-14-21)35-24(19(3)15-30(27(23)33)20(4)17-31)16-29(5)26(32)22-9-11-34-12-10-22/h13-14,18-20,22,24,31H,7,9-12,15-17H2,1-5H3/t19-,20+,24-/m1/s1. The minimum Gasteiger partial charge on any atom is -0.472 e. The fourth-order valence-corrected chi connectivity index (χ4v) is 4.36. The van der Waals surface area contributed by atoms with Crippen molar-refractivity contribution in [3.63, 3.8) is 0 Å². The third-order valence-electron chi connectivity index (χ3n) is 6.66. The van der Waals surface area contributed by atoms with Gasteiger partial charge >= 0.3 is 0 Å². The number of aliphatic hydroxyl groups is 1. The lowest BCUT2D eigenvalue weighted by atomic mass is 9.97. The van der Waals surface area contributed by atoms with Crippen LogP contribution < -0.4 is 4.74 Å². The predicted octanol–water partition coefficient (Wildman–Crippen LogP) is 2.58. The summed E-state index contributed by atoms with van der Waals surface area (Å²) in [6.07, 6.45) is 3.47. The second-order valence-electron chi connectivity index (χ2n) is 10.2. The van der Waals surface area contributed by atoms with E-state index in [2.05, 4.69) is 30.7 Å². The quantitative estimate of drug-likeness (QED) is 0.623. The van der Waals surface area contributed by atoms with E-state index in [0.717, 1.165) is 19.3 Å². The van der Waals surface area contributed by atoms with Gasteiger partial charge < -0.3 is 24.4 Å². The zero-order valence-electron chi connectivity index (χ0n) is 21.6. The van der Waals surface area contributed by atoms with E-state index in [-0.39, 0.29) is 48.3 Å². The smallest absolute Gasteiger partial charge is 0.259 e. The maximum atomic E-state index is 13.5. The molecular formula is C27H39N3O5. The van der Waals surface area contributed by atoms with E-state index in [1.165, 1.54) is 0 Å². The normalized spacial score (nSPS) is 21.8. The number of pyridine rings is 1. The maximum Gasteiger partial charge on any atom is 0.259 e. The summed E-state index contributed by atoms with van der Waals surface area (Å²) >= 11 is 0. The van der Waals surface area contributed by atoms with Crippen LogP contribution in [0.3, 0.4) is 0 Å². The summed E-state index contributed by atoms with van der Waals surface area (Å²) in [4.78, 5) is 34.4. The number of carbonyl (C=O) groups excluding carboxylic acids is 2. The van der Waals surface area contributed by atoms with Crippen molar-refractivity contribution in [3.05, 3.63) is 23.4 Å². The molecule has 2 amide bonds. The SMILES string of the molecule is CC(C)CC#Cc1cnc2c(c1)C(=O)N([C@@H](C)CO)C[C@@H](C)[C@@H](CN(C)C(=O)C1CCOCC1)O2. The molecule has 1 aromatic rings. The van der Waals surface area contributed by atoms with Crippen molar-refractivity contribution >= 4 is 11.8 Å². The van der Waals surface area contributed by atoms with Crippen molar-refractivity contribution in [2.45, 2.75) is 59.1 Å². The summed E-state index contributed by atoms with van der Waals surface area (Å²) in [6, 6.07) is 1.35. The van der Waals surface area contributed by atoms with Gasteiger partial charge in [-0.3, -0.25) is 9.59 Å². The van der Waals surface area contributed by atoms with Crippen LogP contribution in [0.25, 0.3) is 0 Å². The van der Waals surface area contributed by atoms with Gasteiger partial charge in [-0.15, -0.1) is 0 Å². The highest BCUT2D eigenvalue weighted by Crippen LogP contribution is 2.28. The lowest BCUT2D eigenvalue weighted by Crippen LogP contribution is -2.51. The fourth-order valence-electron chi connectivity index (χ4n) is 4.36. The highest BCUT2D eigenvalue weighted by molar-refractivity contribution is 5.97. The highest BCUT2D eigenvalue weighted by atomic mass is 16.5. The van der Waals surface area contributed by atoms with Crippen LogP contribution in [0.5, 0.6) is 5.88 Å². The number of nitrogens with zero attached hydrogens (tertiary/aromatic N) is 3. The van der Waals surface area contributed by atoms with Gasteiger partial charge in [-0.25, -0.2) is 4.98 Å². The zero-order chi connectivity index (χ0) is 25.5. The lowest BCUT2D eigenvalue weighted by molar-refractivity contribution is -0.138. The van der Waals surface area contributed by atoms with E-state index in [9.17, 15) is 14.7 Å². The number of likely N-dealkylation sites (N-methyl/N-ethyl adjacent to an activating group) is 1. The molecule has 0 aromatic carbocycles. The monoisotopic (exact) mass is 485 g/mol. The number of ether oxygens (including phenoxy) is 2. The minimum absolute atomic E-state index is 0.0394. The third kappa shape index (κ3) is 6.96. The van der Waals surface area contributed by atoms with E-state index in [4.69, 9.17) is 9.47 Å². The first-order chi connectivity index (χ1) is 16.7. The van der Waals surface area contributed by atoms with Crippen molar-refractivity contribution in [1.82, 2.24) is 14.8 Å². The van der Waals surface area contributed by atoms with Crippen LogP contribution in [-0.4, -0.2) is 83.8 Å². The zero-order valence-corrected chi connectivity index (χ0v) is 21.6. The van der Waals surface area contributed by atoms with Crippen LogP contribution in [-0.2, 0) is 9.53 Å². The Morgan fingerprint density at radius 3 is 2.69 bits per heavy atom. The van der Waals surface area contributed by atoms with Crippen LogP contribution in [0.2, 0.25) is 0 Å². The van der Waals surface area contributed by atoms with Gasteiger partial charge in [0.25, 0.3) is 5.91 Å². The van der Waals surface area contributed by atoms with Crippen molar-refractivity contribution in [1.29, 1.82) is 0 Å². The van der Waals surface area contributed by atoms with E-state index in [0.29, 0.717) is 43.3 Å². The number of aliphatic hydroxyl groups excluding tert-OH is 1. The summed E-state index contributed by atoms with van der Waals surface area (Å²) in [5.41, 5.74) is 0.979. The average molecular weight is 486 g/mol. The molecule has 8 nitrogen and oxygen atoms in total. The molecule has 3 atom stereocenters. The number of aromatic nitrogens is 1. The fraction of sp³-hybridized carbons (Fsp3) is 0.667. The first-order valence-electron chi connectivity index (χ1n) is 12.6. The Balaban J connectivity index is 1.88. The van der Waals surface area contributed by atoms with E-state index in [1.54, 1.807) is 29.1 Å². The molecule has 0 radical (unpaired) electrons. The molecule has 192 valence electrons. The number of fused-ring (bicyclic) bond motifs is 1. The molecule has 35 heavy (non-hydrogen) atoms. The molecule has 0 saturated carbocycles. The van der Waals surface area contributed by atoms with Crippen molar-refractivity contribution < 1.29 is 24.2 Å². The molecule has 0 spiro atoms. The molecule has 2 aliphatic heterocycles. The van der Waals surface area contributed by atoms with Gasteiger partial charge in [-0.2, -0.15) is 0 Å². The number of hydrogen-bond donors (Lipinski definition) is 1. The van der Waals surface area contributed by atoms with Gasteiger partial charge in [0, 0.05) is 56.8 Å². The molecule has 1 aromatic heterocycles. The Hall–Kier alpha value is -2.63. The number of carbonyl (C=O) groups is 2. The van der Waals surface area contributed by atoms with Gasteiger partial charge in [0.15, 0.2) is 0 Å². The Bertz CT molecular complexity index is 948. The van der Waals surface area contributed by atoms with Gasteiger partial charge in [0.05, 0.1) is 19.2 Å². The molecule has 1 saturated heterocycles. The molecule has 8 heteroatoms. The summed E-state index contributed by atoms with van der Waals surface area (Å²) in [5.74, 6) is 6.64. The summed E-state index contributed by atoms with van der Waals surface area (Å²) in [6.45, 7) is 9.86. The second-order valence-corrected chi connectivity index (χ2v) is 10.2. The molecule has 2 aliphatic rings. The summed E-state index contributed by atoms with van der Waals surface area (Å²) in [5, 5.41) is 9.83. The van der Waals surface area contributed by atoms with Crippen molar-refractivity contribution in [2.75, 3.05) is 40.0 Å². The Morgan fingerprint density at radius 1 is 1.31 bits per heavy atom. The second kappa shape index (κ2) is 12.4. The lowest BCUT2D eigenvalue weighted by Gasteiger charge is -2.38. The number of rotatable bonds is 6. The minimum atomic E-state index is -0.367. The predicted molar refractivity (Wildman–Crippen MR) is 133 cm³/mol. The van der Waals surface area contributed by atoms with Crippen molar-refractivity contribution in [2.24, 2.45) is 17.8 Å². The average Bonchev–Trinajstić information content (AvgIpc) is 2.85. The van der Waals surface area contributed by atoms with Crippen LogP contribution in [0, 0.1) is 29.6 Å². The first kappa shape index (κ1) is 27.0. The Morgan fingerprint density at radius 2 is 2.03 bits per heavy atom. The van der Waals surface area contributed by atoms with Gasteiger partial charge in [-0.05, 0) is 31.7 Å². The van der Waals surface area contributed by atoms with Gasteiger partial charge in [-0.1, -0.05) is 32.6 Å². The first-order valence-corrected chi connectivity index (χ1v) is 12.6. The molecule has 3 heterocycles. The maximum absolute atomic E-state index is 13.5. The molecule has 0 aliphatic carbocycles. The van der Waals surface area contributed by atoms with Crippen LogP contribution in [0.4, 0.5) is 0 Å². The van der Waals surface area contributed by atoms with E-state index < -0.39 is 0 Å². The van der Waals surface area contributed by atoms with Crippen LogP contribution in [0.1, 0.15) is 62.9 Å². The van der Waals surface area contributed by atoms with Crippen LogP contribution in [0.15, 0.2) is 12.3 Å². The molecule has 1 N–H and O–H groups in total. The number of amides is 2. The summed E-state index contributed by atoms with van der Waals surface area (Å²) in [7, 11) is 1.80. The Labute approximate surface area is 209 Å².